The number of pyridine rings is 1. The first kappa shape index (κ1) is 17.5. The number of anilines is 1. The zero-order valence-corrected chi connectivity index (χ0v) is 15.1. The molecular formula is C19H17ClN4O3. The fourth-order valence-corrected chi connectivity index (χ4v) is 3.66. The molecule has 0 bridgehead atoms. The molecule has 2 unspecified atom stereocenters. The Hall–Kier alpha value is -2.93. The predicted octanol–water partition coefficient (Wildman–Crippen LogP) is 2.46. The SMILES string of the molecule is O=C(NC1CCN2C(=O)N(c3ccc(Cl)cc3)C(=O)C2C1)c1ccncc1. The Bertz CT molecular complexity index is 888. The molecule has 0 radical (unpaired) electrons. The molecule has 7 nitrogen and oxygen atoms in total. The monoisotopic (exact) mass is 384 g/mol. The third kappa shape index (κ3) is 3.26. The van der Waals surface area contributed by atoms with Crippen LogP contribution in [0.5, 0.6) is 0 Å². The van der Waals surface area contributed by atoms with E-state index in [-0.39, 0.29) is 23.9 Å². The minimum atomic E-state index is -0.565. The zero-order chi connectivity index (χ0) is 19.0. The summed E-state index contributed by atoms with van der Waals surface area (Å²) < 4.78 is 0. The lowest BCUT2D eigenvalue weighted by Crippen LogP contribution is -2.49. The summed E-state index contributed by atoms with van der Waals surface area (Å²) in [5.41, 5.74) is 1.02. The largest absolute Gasteiger partial charge is 0.349 e. The third-order valence-corrected chi connectivity index (χ3v) is 5.16. The normalized spacial score (nSPS) is 22.0. The lowest BCUT2D eigenvalue weighted by Gasteiger charge is -2.32. The molecule has 2 aliphatic heterocycles. The minimum Gasteiger partial charge on any atom is -0.349 e. The first-order chi connectivity index (χ1) is 13.0. The predicted molar refractivity (Wildman–Crippen MR) is 99.6 cm³/mol. The van der Waals surface area contributed by atoms with E-state index in [9.17, 15) is 14.4 Å². The van der Waals surface area contributed by atoms with Crippen LogP contribution in [0.2, 0.25) is 5.02 Å². The van der Waals surface area contributed by atoms with Crippen molar-refractivity contribution >= 4 is 35.1 Å². The first-order valence-electron chi connectivity index (χ1n) is 8.65. The summed E-state index contributed by atoms with van der Waals surface area (Å²) in [5.74, 6) is -0.479. The molecule has 2 aromatic rings. The van der Waals surface area contributed by atoms with Gasteiger partial charge < -0.3 is 10.2 Å². The topological polar surface area (TPSA) is 82.6 Å². The van der Waals surface area contributed by atoms with Crippen LogP contribution in [-0.2, 0) is 4.79 Å². The number of nitrogens with one attached hydrogen (secondary N) is 1. The average Bonchev–Trinajstić information content (AvgIpc) is 2.93. The maximum Gasteiger partial charge on any atom is 0.332 e. The van der Waals surface area contributed by atoms with Gasteiger partial charge in [0.05, 0.1) is 5.69 Å². The van der Waals surface area contributed by atoms with Crippen molar-refractivity contribution in [3.05, 3.63) is 59.4 Å². The molecule has 1 aromatic heterocycles. The van der Waals surface area contributed by atoms with Crippen molar-refractivity contribution in [3.8, 4) is 0 Å². The number of aromatic nitrogens is 1. The molecule has 2 atom stereocenters. The van der Waals surface area contributed by atoms with Crippen LogP contribution in [0.4, 0.5) is 10.5 Å². The van der Waals surface area contributed by atoms with Gasteiger partial charge in [-0.15, -0.1) is 0 Å². The first-order valence-corrected chi connectivity index (χ1v) is 9.03. The van der Waals surface area contributed by atoms with Gasteiger partial charge in [-0.1, -0.05) is 11.6 Å². The molecule has 0 spiro atoms. The van der Waals surface area contributed by atoms with E-state index in [1.165, 1.54) is 4.90 Å². The van der Waals surface area contributed by atoms with Crippen LogP contribution in [-0.4, -0.2) is 46.4 Å². The van der Waals surface area contributed by atoms with Crippen molar-refractivity contribution in [1.29, 1.82) is 0 Å². The molecule has 2 fully saturated rings. The zero-order valence-electron chi connectivity index (χ0n) is 14.3. The summed E-state index contributed by atoms with van der Waals surface area (Å²) in [7, 11) is 0. The van der Waals surface area contributed by atoms with E-state index in [0.717, 1.165) is 0 Å². The summed E-state index contributed by atoms with van der Waals surface area (Å²) in [5, 5.41) is 3.49. The van der Waals surface area contributed by atoms with Crippen molar-refractivity contribution in [2.45, 2.75) is 24.9 Å². The third-order valence-electron chi connectivity index (χ3n) is 4.91. The van der Waals surface area contributed by atoms with Crippen LogP contribution < -0.4 is 10.2 Å². The Labute approximate surface area is 160 Å². The molecule has 138 valence electrons. The quantitative estimate of drug-likeness (QED) is 0.824. The Morgan fingerprint density at radius 1 is 1.11 bits per heavy atom. The second kappa shape index (κ2) is 7.00. The maximum absolute atomic E-state index is 12.8. The number of amides is 4. The van der Waals surface area contributed by atoms with E-state index in [0.29, 0.717) is 35.7 Å². The molecule has 27 heavy (non-hydrogen) atoms. The fraction of sp³-hybridized carbons (Fsp3) is 0.263. The van der Waals surface area contributed by atoms with Crippen LogP contribution in [0.15, 0.2) is 48.8 Å². The molecule has 3 heterocycles. The van der Waals surface area contributed by atoms with Crippen LogP contribution >= 0.6 is 11.6 Å². The van der Waals surface area contributed by atoms with Gasteiger partial charge in [0.2, 0.25) is 0 Å². The second-order valence-corrected chi connectivity index (χ2v) is 7.01. The lowest BCUT2D eigenvalue weighted by atomic mass is 9.97. The highest BCUT2D eigenvalue weighted by Crippen LogP contribution is 2.31. The van der Waals surface area contributed by atoms with Gasteiger partial charge >= 0.3 is 6.03 Å². The number of carbonyl (C=O) groups is 3. The van der Waals surface area contributed by atoms with Crippen molar-refractivity contribution < 1.29 is 14.4 Å². The van der Waals surface area contributed by atoms with E-state index < -0.39 is 6.04 Å². The summed E-state index contributed by atoms with van der Waals surface area (Å²) in [6, 6.07) is 8.80. The number of piperidine rings is 1. The standard InChI is InChI=1S/C19H17ClN4O3/c20-13-1-3-15(4-2-13)24-18(26)16-11-14(7-10-23(16)19(24)27)22-17(25)12-5-8-21-9-6-12/h1-6,8-9,14,16H,7,10-11H2,(H,22,25). The number of imide groups is 1. The summed E-state index contributed by atoms with van der Waals surface area (Å²) in [6.07, 6.45) is 4.10. The number of carbonyl (C=O) groups excluding carboxylic acids is 3. The summed E-state index contributed by atoms with van der Waals surface area (Å²) in [6.45, 7) is 0.417. The Kier molecular flexibility index (Phi) is 4.53. The van der Waals surface area contributed by atoms with E-state index in [2.05, 4.69) is 10.3 Å². The van der Waals surface area contributed by atoms with Gasteiger partial charge in [-0.2, -0.15) is 0 Å². The Balaban J connectivity index is 1.48. The minimum absolute atomic E-state index is 0.172. The fourth-order valence-electron chi connectivity index (χ4n) is 3.53. The second-order valence-electron chi connectivity index (χ2n) is 6.57. The van der Waals surface area contributed by atoms with Gasteiger partial charge in [-0.25, -0.2) is 9.69 Å². The van der Waals surface area contributed by atoms with E-state index in [4.69, 9.17) is 11.6 Å². The van der Waals surface area contributed by atoms with Gasteiger partial charge in [-0.05, 0) is 49.2 Å². The Morgan fingerprint density at radius 2 is 1.81 bits per heavy atom. The van der Waals surface area contributed by atoms with Crippen LogP contribution in [0, 0.1) is 0 Å². The molecule has 1 aromatic carbocycles. The van der Waals surface area contributed by atoms with Crippen LogP contribution in [0.25, 0.3) is 0 Å². The number of rotatable bonds is 3. The highest BCUT2D eigenvalue weighted by Gasteiger charge is 2.48. The van der Waals surface area contributed by atoms with E-state index in [1.54, 1.807) is 53.7 Å². The lowest BCUT2D eigenvalue weighted by molar-refractivity contribution is -0.120. The van der Waals surface area contributed by atoms with Gasteiger partial charge in [0, 0.05) is 35.6 Å². The molecule has 4 amide bonds. The highest BCUT2D eigenvalue weighted by atomic mass is 35.5. The van der Waals surface area contributed by atoms with Crippen LogP contribution in [0.1, 0.15) is 23.2 Å². The molecule has 0 saturated carbocycles. The number of hydrogen-bond acceptors (Lipinski definition) is 4. The van der Waals surface area contributed by atoms with Crippen LogP contribution in [0.3, 0.4) is 0 Å². The van der Waals surface area contributed by atoms with Crippen molar-refractivity contribution in [2.75, 3.05) is 11.4 Å². The number of urea groups is 1. The molecule has 2 saturated heterocycles. The average molecular weight is 385 g/mol. The van der Waals surface area contributed by atoms with Crippen molar-refractivity contribution in [1.82, 2.24) is 15.2 Å². The van der Waals surface area contributed by atoms with Gasteiger partial charge in [0.1, 0.15) is 6.04 Å². The summed E-state index contributed by atoms with van der Waals surface area (Å²) >= 11 is 5.89. The smallest absolute Gasteiger partial charge is 0.332 e. The number of nitrogens with zero attached hydrogens (tertiary/aromatic N) is 3. The molecule has 1 N–H and O–H groups in total. The number of benzene rings is 1. The molecule has 2 aliphatic rings. The van der Waals surface area contributed by atoms with Gasteiger partial charge in [0.15, 0.2) is 0 Å². The maximum atomic E-state index is 12.8. The van der Waals surface area contributed by atoms with E-state index in [1.807, 2.05) is 0 Å². The molecular weight excluding hydrogens is 368 g/mol. The Morgan fingerprint density at radius 3 is 2.52 bits per heavy atom. The number of fused-ring (bicyclic) bond motifs is 1. The van der Waals surface area contributed by atoms with E-state index >= 15 is 0 Å². The number of halogens is 1. The van der Waals surface area contributed by atoms with Crippen molar-refractivity contribution in [3.63, 3.8) is 0 Å². The summed E-state index contributed by atoms with van der Waals surface area (Å²) in [4.78, 5) is 44.5. The van der Waals surface area contributed by atoms with Crippen molar-refractivity contribution in [2.24, 2.45) is 0 Å². The van der Waals surface area contributed by atoms with Gasteiger partial charge in [0.25, 0.3) is 11.8 Å². The van der Waals surface area contributed by atoms with Gasteiger partial charge in [-0.3, -0.25) is 14.6 Å². The highest BCUT2D eigenvalue weighted by molar-refractivity contribution is 6.30. The molecule has 0 aliphatic carbocycles. The molecule has 8 heteroatoms. The molecule has 4 rings (SSSR count). The number of hydrogen-bond donors (Lipinski definition) is 1.